The van der Waals surface area contributed by atoms with Gasteiger partial charge in [-0.05, 0) is 43.5 Å². The highest BCUT2D eigenvalue weighted by Crippen LogP contribution is 2.30. The lowest BCUT2D eigenvalue weighted by Crippen LogP contribution is -2.38. The summed E-state index contributed by atoms with van der Waals surface area (Å²) in [5.41, 5.74) is 0.699. The molecule has 3 rings (SSSR count). The molecule has 1 heterocycles. The molecule has 0 saturated heterocycles. The van der Waals surface area contributed by atoms with Crippen LogP contribution in [0.15, 0.2) is 47.5 Å². The molecule has 104 valence electrons. The van der Waals surface area contributed by atoms with Crippen LogP contribution in [0.5, 0.6) is 0 Å². The van der Waals surface area contributed by atoms with E-state index in [1.54, 1.807) is 6.20 Å². The Bertz CT molecular complexity index is 580. The van der Waals surface area contributed by atoms with E-state index in [1.165, 1.54) is 0 Å². The SMILES string of the molecule is O=C(N[C@H]1CCC[C@H]1n1ccnc1)c1ccc(Br)cc1. The fraction of sp³-hybridized carbons (Fsp3) is 0.333. The second-order valence-electron chi connectivity index (χ2n) is 5.09. The third-order valence-electron chi connectivity index (χ3n) is 3.81. The Morgan fingerprint density at radius 2 is 2.10 bits per heavy atom. The molecule has 0 bridgehead atoms. The topological polar surface area (TPSA) is 46.9 Å². The summed E-state index contributed by atoms with van der Waals surface area (Å²) in [6.45, 7) is 0. The van der Waals surface area contributed by atoms with Gasteiger partial charge in [0, 0.05) is 28.5 Å². The van der Waals surface area contributed by atoms with E-state index < -0.39 is 0 Å². The Kier molecular flexibility index (Phi) is 3.87. The number of aromatic nitrogens is 2. The van der Waals surface area contributed by atoms with E-state index in [2.05, 4.69) is 30.8 Å². The van der Waals surface area contributed by atoms with Gasteiger partial charge < -0.3 is 9.88 Å². The number of hydrogen-bond acceptors (Lipinski definition) is 2. The van der Waals surface area contributed by atoms with E-state index in [-0.39, 0.29) is 11.9 Å². The van der Waals surface area contributed by atoms with Crippen molar-refractivity contribution in [1.82, 2.24) is 14.9 Å². The maximum absolute atomic E-state index is 12.3. The third kappa shape index (κ3) is 2.77. The van der Waals surface area contributed by atoms with Crippen LogP contribution in [-0.4, -0.2) is 21.5 Å². The highest BCUT2D eigenvalue weighted by atomic mass is 79.9. The van der Waals surface area contributed by atoms with Crippen LogP contribution in [0.1, 0.15) is 35.7 Å². The van der Waals surface area contributed by atoms with Crippen LogP contribution >= 0.6 is 15.9 Å². The first-order valence-electron chi connectivity index (χ1n) is 6.78. The first-order valence-corrected chi connectivity index (χ1v) is 7.57. The lowest BCUT2D eigenvalue weighted by atomic mass is 10.1. The molecule has 0 radical (unpaired) electrons. The van der Waals surface area contributed by atoms with E-state index >= 15 is 0 Å². The minimum absolute atomic E-state index is 0.00508. The minimum atomic E-state index is -0.00508. The van der Waals surface area contributed by atoms with Crippen molar-refractivity contribution in [2.45, 2.75) is 31.3 Å². The molecular weight excluding hydrogens is 318 g/mol. The fourth-order valence-electron chi connectivity index (χ4n) is 2.78. The van der Waals surface area contributed by atoms with Gasteiger partial charge in [0.2, 0.25) is 0 Å². The predicted molar refractivity (Wildman–Crippen MR) is 80.5 cm³/mol. The molecule has 1 aliphatic rings. The quantitative estimate of drug-likeness (QED) is 0.937. The number of nitrogens with one attached hydrogen (secondary N) is 1. The summed E-state index contributed by atoms with van der Waals surface area (Å²) < 4.78 is 3.07. The summed E-state index contributed by atoms with van der Waals surface area (Å²) in [5.74, 6) is -0.00508. The summed E-state index contributed by atoms with van der Waals surface area (Å²) in [7, 11) is 0. The molecule has 2 atom stereocenters. The number of carbonyl (C=O) groups excluding carboxylic acids is 1. The zero-order valence-electron chi connectivity index (χ0n) is 11.0. The Hall–Kier alpha value is -1.62. The first kappa shape index (κ1) is 13.4. The van der Waals surface area contributed by atoms with Gasteiger partial charge in [0.15, 0.2) is 0 Å². The van der Waals surface area contributed by atoms with Crippen LogP contribution in [0.3, 0.4) is 0 Å². The average Bonchev–Trinajstić information content (AvgIpc) is 3.09. The second-order valence-corrected chi connectivity index (χ2v) is 6.01. The monoisotopic (exact) mass is 333 g/mol. The van der Waals surface area contributed by atoms with Crippen molar-refractivity contribution < 1.29 is 4.79 Å². The van der Waals surface area contributed by atoms with Gasteiger partial charge in [-0.3, -0.25) is 4.79 Å². The number of benzene rings is 1. The molecule has 0 aliphatic heterocycles. The van der Waals surface area contributed by atoms with Gasteiger partial charge in [-0.2, -0.15) is 0 Å². The van der Waals surface area contributed by atoms with Crippen LogP contribution in [-0.2, 0) is 0 Å². The smallest absolute Gasteiger partial charge is 0.251 e. The fourth-order valence-corrected chi connectivity index (χ4v) is 3.05. The second kappa shape index (κ2) is 5.79. The van der Waals surface area contributed by atoms with Gasteiger partial charge in [-0.25, -0.2) is 4.98 Å². The van der Waals surface area contributed by atoms with Gasteiger partial charge >= 0.3 is 0 Å². The number of amides is 1. The molecule has 1 saturated carbocycles. The summed E-state index contributed by atoms with van der Waals surface area (Å²) in [5, 5.41) is 3.15. The molecule has 5 heteroatoms. The summed E-state index contributed by atoms with van der Waals surface area (Å²) in [6, 6.07) is 7.94. The van der Waals surface area contributed by atoms with Crippen LogP contribution in [0.2, 0.25) is 0 Å². The Balaban J connectivity index is 1.70. The third-order valence-corrected chi connectivity index (χ3v) is 4.34. The lowest BCUT2D eigenvalue weighted by Gasteiger charge is -2.22. The molecular formula is C15H16BrN3O. The largest absolute Gasteiger partial charge is 0.347 e. The normalized spacial score (nSPS) is 21.9. The Morgan fingerprint density at radius 1 is 1.30 bits per heavy atom. The lowest BCUT2D eigenvalue weighted by molar-refractivity contribution is 0.0929. The number of hydrogen-bond donors (Lipinski definition) is 1. The van der Waals surface area contributed by atoms with Crippen molar-refractivity contribution >= 4 is 21.8 Å². The zero-order chi connectivity index (χ0) is 13.9. The molecule has 1 aliphatic carbocycles. The number of halogens is 1. The van der Waals surface area contributed by atoms with E-state index in [0.29, 0.717) is 11.6 Å². The van der Waals surface area contributed by atoms with Crippen LogP contribution in [0.4, 0.5) is 0 Å². The Morgan fingerprint density at radius 3 is 2.80 bits per heavy atom. The summed E-state index contributed by atoms with van der Waals surface area (Å²) in [4.78, 5) is 16.4. The summed E-state index contributed by atoms with van der Waals surface area (Å²) >= 11 is 3.38. The minimum Gasteiger partial charge on any atom is -0.347 e. The summed E-state index contributed by atoms with van der Waals surface area (Å²) in [6.07, 6.45) is 8.82. The number of imidazole rings is 1. The molecule has 1 amide bonds. The van der Waals surface area contributed by atoms with Crippen molar-refractivity contribution in [1.29, 1.82) is 0 Å². The molecule has 1 N–H and O–H groups in total. The Labute approximate surface area is 126 Å². The number of nitrogens with zero attached hydrogens (tertiary/aromatic N) is 2. The van der Waals surface area contributed by atoms with Crippen molar-refractivity contribution in [2.75, 3.05) is 0 Å². The van der Waals surface area contributed by atoms with Crippen LogP contribution < -0.4 is 5.32 Å². The molecule has 0 spiro atoms. The van der Waals surface area contributed by atoms with Gasteiger partial charge in [-0.1, -0.05) is 15.9 Å². The van der Waals surface area contributed by atoms with Gasteiger partial charge in [0.1, 0.15) is 0 Å². The van der Waals surface area contributed by atoms with Crippen molar-refractivity contribution in [3.05, 3.63) is 53.0 Å². The standard InChI is InChI=1S/C15H16BrN3O/c16-12-6-4-11(5-7-12)15(20)18-13-2-1-3-14(13)19-9-8-17-10-19/h4-10,13-14H,1-3H2,(H,18,20)/t13-,14+/m0/s1. The number of rotatable bonds is 3. The van der Waals surface area contributed by atoms with Crippen molar-refractivity contribution in [3.63, 3.8) is 0 Å². The highest BCUT2D eigenvalue weighted by Gasteiger charge is 2.29. The first-order chi connectivity index (χ1) is 9.74. The molecule has 2 aromatic rings. The molecule has 1 fully saturated rings. The molecule has 1 aromatic heterocycles. The highest BCUT2D eigenvalue weighted by molar-refractivity contribution is 9.10. The molecule has 4 nitrogen and oxygen atoms in total. The van der Waals surface area contributed by atoms with Crippen molar-refractivity contribution in [3.8, 4) is 0 Å². The molecule has 20 heavy (non-hydrogen) atoms. The van der Waals surface area contributed by atoms with Gasteiger partial charge in [-0.15, -0.1) is 0 Å². The van der Waals surface area contributed by atoms with Crippen molar-refractivity contribution in [2.24, 2.45) is 0 Å². The maximum atomic E-state index is 12.3. The van der Waals surface area contributed by atoms with E-state index in [0.717, 1.165) is 23.7 Å². The van der Waals surface area contributed by atoms with Crippen LogP contribution in [0, 0.1) is 0 Å². The van der Waals surface area contributed by atoms with E-state index in [4.69, 9.17) is 0 Å². The van der Waals surface area contributed by atoms with E-state index in [9.17, 15) is 4.79 Å². The average molecular weight is 334 g/mol. The van der Waals surface area contributed by atoms with Gasteiger partial charge in [0.25, 0.3) is 5.91 Å². The molecule has 1 aromatic carbocycles. The maximum Gasteiger partial charge on any atom is 0.251 e. The predicted octanol–water partition coefficient (Wildman–Crippen LogP) is 3.17. The van der Waals surface area contributed by atoms with Gasteiger partial charge in [0.05, 0.1) is 12.4 Å². The van der Waals surface area contributed by atoms with E-state index in [1.807, 2.05) is 36.8 Å². The zero-order valence-corrected chi connectivity index (χ0v) is 12.6. The molecule has 0 unspecified atom stereocenters. The number of carbonyl (C=O) groups is 1. The van der Waals surface area contributed by atoms with Crippen LogP contribution in [0.25, 0.3) is 0 Å².